The Labute approximate surface area is 208 Å². The van der Waals surface area contributed by atoms with E-state index in [0.29, 0.717) is 26.1 Å². The topological polar surface area (TPSA) is 99.2 Å². The largest absolute Gasteiger partial charge is 0.459 e. The summed E-state index contributed by atoms with van der Waals surface area (Å²) in [5.74, 6) is -0.637. The van der Waals surface area contributed by atoms with Crippen LogP contribution in [0.15, 0.2) is 53.4 Å². The summed E-state index contributed by atoms with van der Waals surface area (Å²) in [5.41, 5.74) is 0.574. The van der Waals surface area contributed by atoms with E-state index in [1.54, 1.807) is 44.1 Å². The number of hydrogen-bond acceptors (Lipinski definition) is 7. The second-order valence-electron chi connectivity index (χ2n) is 9.68. The van der Waals surface area contributed by atoms with Gasteiger partial charge in [-0.2, -0.15) is 8.42 Å². The fourth-order valence-corrected chi connectivity index (χ4v) is 4.35. The molecule has 9 heteroatoms. The van der Waals surface area contributed by atoms with Gasteiger partial charge in [0.25, 0.3) is 0 Å². The molecule has 0 aliphatic rings. The molecule has 2 rings (SSSR count). The van der Waals surface area contributed by atoms with Crippen molar-refractivity contribution in [2.45, 2.75) is 58.6 Å². The van der Waals surface area contributed by atoms with E-state index in [1.807, 2.05) is 20.8 Å². The molecule has 0 radical (unpaired) electrons. The summed E-state index contributed by atoms with van der Waals surface area (Å²) in [6.45, 7) is 10.6. The second-order valence-corrected chi connectivity index (χ2v) is 11.2. The van der Waals surface area contributed by atoms with Crippen LogP contribution < -0.4 is 4.18 Å². The highest BCUT2D eigenvalue weighted by Crippen LogP contribution is 2.24. The number of esters is 1. The maximum absolute atomic E-state index is 12.9. The first-order valence-corrected chi connectivity index (χ1v) is 12.8. The predicted octanol–water partition coefficient (Wildman–Crippen LogP) is 4.43. The van der Waals surface area contributed by atoms with E-state index < -0.39 is 22.2 Å². The first-order valence-electron chi connectivity index (χ1n) is 11.4. The van der Waals surface area contributed by atoms with Crippen molar-refractivity contribution in [2.24, 2.45) is 5.41 Å². The van der Waals surface area contributed by atoms with Gasteiger partial charge in [0.2, 0.25) is 5.91 Å². The molecule has 0 aromatic heterocycles. The highest BCUT2D eigenvalue weighted by atomic mass is 32.2. The molecule has 1 amide bonds. The highest BCUT2D eigenvalue weighted by Gasteiger charge is 2.26. The zero-order chi connectivity index (χ0) is 26.2. The molecule has 0 N–H and O–H groups in total. The van der Waals surface area contributed by atoms with Gasteiger partial charge in [0, 0.05) is 26.6 Å². The van der Waals surface area contributed by atoms with Gasteiger partial charge in [0.05, 0.1) is 18.3 Å². The van der Waals surface area contributed by atoms with Crippen LogP contribution in [-0.2, 0) is 30.9 Å². The van der Waals surface area contributed by atoms with Crippen LogP contribution in [0.3, 0.4) is 0 Å². The zero-order valence-electron chi connectivity index (χ0n) is 21.2. The van der Waals surface area contributed by atoms with Crippen molar-refractivity contribution in [3.05, 3.63) is 59.7 Å². The van der Waals surface area contributed by atoms with E-state index in [-0.39, 0.29) is 27.5 Å². The Balaban J connectivity index is 2.18. The van der Waals surface area contributed by atoms with Crippen LogP contribution in [0.5, 0.6) is 5.75 Å². The Morgan fingerprint density at radius 2 is 1.63 bits per heavy atom. The number of benzene rings is 2. The van der Waals surface area contributed by atoms with Gasteiger partial charge in [-0.3, -0.25) is 4.79 Å². The molecular weight excluding hydrogens is 470 g/mol. The zero-order valence-corrected chi connectivity index (χ0v) is 22.1. The molecule has 2 aromatic carbocycles. The van der Waals surface area contributed by atoms with Crippen molar-refractivity contribution < 1.29 is 31.7 Å². The molecule has 0 saturated carbocycles. The molecule has 0 unspecified atom stereocenters. The van der Waals surface area contributed by atoms with Crippen LogP contribution in [-0.4, -0.2) is 51.6 Å². The fraction of sp³-hybridized carbons (Fsp3) is 0.462. The van der Waals surface area contributed by atoms with E-state index >= 15 is 0 Å². The van der Waals surface area contributed by atoms with Crippen LogP contribution in [0, 0.1) is 5.41 Å². The van der Waals surface area contributed by atoms with Crippen molar-refractivity contribution in [3.63, 3.8) is 0 Å². The molecule has 0 bridgehead atoms. The monoisotopic (exact) mass is 505 g/mol. The van der Waals surface area contributed by atoms with Gasteiger partial charge in [-0.1, -0.05) is 45.0 Å². The Morgan fingerprint density at radius 1 is 1.00 bits per heavy atom. The minimum Gasteiger partial charge on any atom is -0.459 e. The SMILES string of the molecule is COCCN(Cc1ccc(OS(=O)(=O)c2ccccc2C(=O)OC(C)C)cc1)C(=O)CC(C)(C)C. The maximum Gasteiger partial charge on any atom is 0.340 e. The minimum absolute atomic E-state index is 0.0161. The lowest BCUT2D eigenvalue weighted by molar-refractivity contribution is -0.134. The number of nitrogens with zero attached hydrogens (tertiary/aromatic N) is 1. The Hall–Kier alpha value is -2.91. The standard InChI is InChI=1S/C26H35NO7S/c1-19(2)33-25(29)22-9-7-8-10-23(22)35(30,31)34-21-13-11-20(12-14-21)18-27(15-16-32-6)24(28)17-26(3,4)5/h7-14,19H,15-18H2,1-6H3. The third-order valence-electron chi connectivity index (χ3n) is 4.82. The third-order valence-corrected chi connectivity index (χ3v) is 6.13. The van der Waals surface area contributed by atoms with Crippen molar-refractivity contribution >= 4 is 22.0 Å². The van der Waals surface area contributed by atoms with E-state index in [1.165, 1.54) is 30.3 Å². The van der Waals surface area contributed by atoms with Gasteiger partial charge in [-0.25, -0.2) is 4.79 Å². The van der Waals surface area contributed by atoms with Crippen molar-refractivity contribution in [1.29, 1.82) is 0 Å². The summed E-state index contributed by atoms with van der Waals surface area (Å²) < 4.78 is 41.4. The van der Waals surface area contributed by atoms with Crippen LogP contribution in [0.25, 0.3) is 0 Å². The summed E-state index contributed by atoms with van der Waals surface area (Å²) >= 11 is 0. The number of ether oxygens (including phenoxy) is 2. The highest BCUT2D eigenvalue weighted by molar-refractivity contribution is 7.87. The number of amides is 1. The van der Waals surface area contributed by atoms with Crippen LogP contribution in [0.2, 0.25) is 0 Å². The summed E-state index contributed by atoms with van der Waals surface area (Å²) in [5, 5.41) is 0. The van der Waals surface area contributed by atoms with Crippen LogP contribution in [0.1, 0.15) is 57.0 Å². The molecule has 0 aliphatic heterocycles. The normalized spacial score (nSPS) is 11.9. The van der Waals surface area contributed by atoms with Gasteiger partial charge in [-0.15, -0.1) is 0 Å². The summed E-state index contributed by atoms with van der Waals surface area (Å²) in [4.78, 5) is 26.6. The van der Waals surface area contributed by atoms with E-state index in [9.17, 15) is 18.0 Å². The van der Waals surface area contributed by atoms with Crippen molar-refractivity contribution in [2.75, 3.05) is 20.3 Å². The molecule has 2 aromatic rings. The lowest BCUT2D eigenvalue weighted by Crippen LogP contribution is -2.35. The van der Waals surface area contributed by atoms with E-state index in [4.69, 9.17) is 13.7 Å². The average Bonchev–Trinajstić information content (AvgIpc) is 2.76. The van der Waals surface area contributed by atoms with Crippen molar-refractivity contribution in [1.82, 2.24) is 4.90 Å². The third kappa shape index (κ3) is 8.99. The van der Waals surface area contributed by atoms with Gasteiger partial charge in [-0.05, 0) is 49.1 Å². The lowest BCUT2D eigenvalue weighted by Gasteiger charge is -2.26. The molecule has 192 valence electrons. The van der Waals surface area contributed by atoms with Crippen LogP contribution in [0.4, 0.5) is 0 Å². The Morgan fingerprint density at radius 3 is 2.20 bits per heavy atom. The molecule has 0 heterocycles. The summed E-state index contributed by atoms with van der Waals surface area (Å²) in [6, 6.07) is 12.2. The average molecular weight is 506 g/mol. The lowest BCUT2D eigenvalue weighted by atomic mass is 9.91. The first-order chi connectivity index (χ1) is 16.3. The number of carbonyl (C=O) groups is 2. The molecule has 0 fully saturated rings. The number of rotatable bonds is 11. The minimum atomic E-state index is -4.29. The summed E-state index contributed by atoms with van der Waals surface area (Å²) in [7, 11) is -2.71. The molecule has 8 nitrogen and oxygen atoms in total. The Kier molecular flexibility index (Phi) is 9.85. The molecule has 35 heavy (non-hydrogen) atoms. The van der Waals surface area contributed by atoms with Crippen molar-refractivity contribution in [3.8, 4) is 5.75 Å². The van der Waals surface area contributed by atoms with Gasteiger partial charge < -0.3 is 18.6 Å². The first kappa shape index (κ1) is 28.3. The molecule has 0 aliphatic carbocycles. The fourth-order valence-electron chi connectivity index (χ4n) is 3.23. The van der Waals surface area contributed by atoms with Crippen LogP contribution >= 0.6 is 0 Å². The smallest absolute Gasteiger partial charge is 0.340 e. The Bertz CT molecular complexity index is 1100. The summed E-state index contributed by atoms with van der Waals surface area (Å²) in [6.07, 6.45) is -0.000101. The van der Waals surface area contributed by atoms with Gasteiger partial charge >= 0.3 is 16.1 Å². The van der Waals surface area contributed by atoms with Gasteiger partial charge in [0.15, 0.2) is 0 Å². The quantitative estimate of drug-likeness (QED) is 0.329. The maximum atomic E-state index is 12.9. The second kappa shape index (κ2) is 12.2. The molecule has 0 atom stereocenters. The van der Waals surface area contributed by atoms with E-state index in [0.717, 1.165) is 5.56 Å². The number of hydrogen-bond donors (Lipinski definition) is 0. The number of carbonyl (C=O) groups excluding carboxylic acids is 2. The number of methoxy groups -OCH3 is 1. The molecule has 0 saturated heterocycles. The molecule has 0 spiro atoms. The van der Waals surface area contributed by atoms with E-state index in [2.05, 4.69) is 0 Å². The molecular formula is C26H35NO7S. The predicted molar refractivity (Wildman–Crippen MR) is 133 cm³/mol. The van der Waals surface area contributed by atoms with Gasteiger partial charge in [0.1, 0.15) is 10.6 Å².